The lowest BCUT2D eigenvalue weighted by atomic mass is 10.3. The van der Waals surface area contributed by atoms with Crippen molar-refractivity contribution in [1.29, 1.82) is 0 Å². The summed E-state index contributed by atoms with van der Waals surface area (Å²) in [5.41, 5.74) is 0. The molecule has 0 fully saturated rings. The van der Waals surface area contributed by atoms with E-state index in [4.69, 9.17) is 14.6 Å². The van der Waals surface area contributed by atoms with Gasteiger partial charge >= 0.3 is 6.16 Å². The lowest BCUT2D eigenvalue weighted by molar-refractivity contribution is 0.00127. The van der Waals surface area contributed by atoms with Gasteiger partial charge in [0.15, 0.2) is 0 Å². The molecular weight excluding hydrogens is 188 g/mol. The van der Waals surface area contributed by atoms with Gasteiger partial charge in [-0.3, -0.25) is 0 Å². The molecule has 0 bridgehead atoms. The van der Waals surface area contributed by atoms with E-state index in [1.807, 2.05) is 13.8 Å². The largest absolute Gasteiger partial charge is 0.505 e. The number of hydrogen-bond donors (Lipinski definition) is 1. The summed E-state index contributed by atoms with van der Waals surface area (Å²) in [6.07, 6.45) is -0.681. The molecule has 1 unspecified atom stereocenters. The van der Waals surface area contributed by atoms with Crippen molar-refractivity contribution in [3.05, 3.63) is 0 Å². The Morgan fingerprint density at radius 3 is 2.64 bits per heavy atom. The third-order valence-corrected chi connectivity index (χ3v) is 1.58. The summed E-state index contributed by atoms with van der Waals surface area (Å²) >= 11 is 0. The number of rotatable bonds is 8. The van der Waals surface area contributed by atoms with E-state index < -0.39 is 6.16 Å². The van der Waals surface area contributed by atoms with Crippen LogP contribution in [-0.4, -0.2) is 43.8 Å². The molecule has 1 N–H and O–H groups in total. The highest BCUT2D eigenvalue weighted by molar-refractivity contribution is 5.56. The van der Waals surface area contributed by atoms with Gasteiger partial charge in [0, 0.05) is 13.0 Å². The highest BCUT2D eigenvalue weighted by Gasteiger charge is 2.03. The van der Waals surface area contributed by atoms with Gasteiger partial charge in [-0.1, -0.05) is 0 Å². The van der Waals surface area contributed by atoms with E-state index in [-0.39, 0.29) is 12.7 Å². The summed E-state index contributed by atoms with van der Waals surface area (Å²) in [5, 5.41) is 8.19. The third kappa shape index (κ3) is 9.28. The van der Waals surface area contributed by atoms with Gasteiger partial charge in [-0.25, -0.2) is 4.79 Å². The summed E-state index contributed by atoms with van der Waals surface area (Å²) in [7, 11) is 0. The van der Waals surface area contributed by atoms with Crippen molar-refractivity contribution in [1.82, 2.24) is 0 Å². The number of hydrogen-bond acceptors (Lipinski definition) is 4. The molecule has 0 aliphatic carbocycles. The fourth-order valence-electron chi connectivity index (χ4n) is 0.848. The van der Waals surface area contributed by atoms with Crippen molar-refractivity contribution in [3.63, 3.8) is 0 Å². The van der Waals surface area contributed by atoms with E-state index in [0.29, 0.717) is 26.2 Å². The Morgan fingerprint density at radius 1 is 1.36 bits per heavy atom. The first-order chi connectivity index (χ1) is 6.66. The van der Waals surface area contributed by atoms with Gasteiger partial charge in [0.2, 0.25) is 0 Å². The monoisotopic (exact) mass is 206 g/mol. The molecule has 0 saturated heterocycles. The van der Waals surface area contributed by atoms with E-state index in [2.05, 4.69) is 4.74 Å². The summed E-state index contributed by atoms with van der Waals surface area (Å²) in [6.45, 7) is 5.75. The predicted octanol–water partition coefficient (Wildman–Crippen LogP) is 1.51. The van der Waals surface area contributed by atoms with Crippen LogP contribution in [-0.2, 0) is 14.2 Å². The van der Waals surface area contributed by atoms with Crippen LogP contribution in [0.25, 0.3) is 0 Å². The number of ether oxygens (including phenoxy) is 3. The summed E-state index contributed by atoms with van der Waals surface area (Å²) in [6, 6.07) is 0. The number of carboxylic acid groups (broad SMARTS) is 1. The molecule has 0 aliphatic heterocycles. The summed E-state index contributed by atoms with van der Waals surface area (Å²) < 4.78 is 14.7. The predicted molar refractivity (Wildman–Crippen MR) is 50.5 cm³/mol. The molecule has 0 saturated carbocycles. The molecular formula is C9H18O5. The van der Waals surface area contributed by atoms with Crippen LogP contribution in [0.15, 0.2) is 0 Å². The highest BCUT2D eigenvalue weighted by Crippen LogP contribution is 1.97. The Balaban J connectivity index is 3.19. The Bertz CT molecular complexity index is 148. The Morgan fingerprint density at radius 2 is 2.07 bits per heavy atom. The SMILES string of the molecule is CCOCCOC(C)CCOC(=O)O. The molecule has 14 heavy (non-hydrogen) atoms. The van der Waals surface area contributed by atoms with Crippen LogP contribution in [0.3, 0.4) is 0 Å². The zero-order chi connectivity index (χ0) is 10.8. The molecule has 0 spiro atoms. The maximum Gasteiger partial charge on any atom is 0.505 e. The van der Waals surface area contributed by atoms with Gasteiger partial charge in [-0.15, -0.1) is 0 Å². The van der Waals surface area contributed by atoms with Crippen LogP contribution in [0, 0.1) is 0 Å². The van der Waals surface area contributed by atoms with E-state index >= 15 is 0 Å². The molecule has 5 nitrogen and oxygen atoms in total. The highest BCUT2D eigenvalue weighted by atomic mass is 16.7. The van der Waals surface area contributed by atoms with Crippen molar-refractivity contribution in [2.45, 2.75) is 26.4 Å². The normalized spacial score (nSPS) is 12.4. The van der Waals surface area contributed by atoms with Gasteiger partial charge in [0.05, 0.1) is 25.9 Å². The Labute approximate surface area is 84.0 Å². The van der Waals surface area contributed by atoms with E-state index in [9.17, 15) is 4.79 Å². The van der Waals surface area contributed by atoms with Crippen LogP contribution < -0.4 is 0 Å². The van der Waals surface area contributed by atoms with Gasteiger partial charge in [0.25, 0.3) is 0 Å². The minimum Gasteiger partial charge on any atom is -0.450 e. The molecule has 0 amide bonds. The summed E-state index contributed by atoms with van der Waals surface area (Å²) in [4.78, 5) is 10.00. The maximum atomic E-state index is 10.00. The smallest absolute Gasteiger partial charge is 0.450 e. The zero-order valence-electron chi connectivity index (χ0n) is 8.69. The molecule has 84 valence electrons. The molecule has 0 aromatic heterocycles. The lowest BCUT2D eigenvalue weighted by Gasteiger charge is -2.12. The minimum absolute atomic E-state index is 0.00481. The second-order valence-corrected chi connectivity index (χ2v) is 2.78. The van der Waals surface area contributed by atoms with Crippen molar-refractivity contribution in [2.24, 2.45) is 0 Å². The van der Waals surface area contributed by atoms with Crippen LogP contribution >= 0.6 is 0 Å². The first-order valence-electron chi connectivity index (χ1n) is 4.71. The molecule has 0 heterocycles. The molecule has 0 radical (unpaired) electrons. The van der Waals surface area contributed by atoms with Crippen molar-refractivity contribution < 1.29 is 24.1 Å². The van der Waals surface area contributed by atoms with Crippen LogP contribution in [0.2, 0.25) is 0 Å². The average Bonchev–Trinajstić information content (AvgIpc) is 2.12. The van der Waals surface area contributed by atoms with Gasteiger partial charge < -0.3 is 19.3 Å². The van der Waals surface area contributed by atoms with E-state index in [1.165, 1.54) is 0 Å². The Hall–Kier alpha value is -0.810. The third-order valence-electron chi connectivity index (χ3n) is 1.58. The topological polar surface area (TPSA) is 65.0 Å². The van der Waals surface area contributed by atoms with Gasteiger partial charge in [0.1, 0.15) is 0 Å². The van der Waals surface area contributed by atoms with Crippen LogP contribution in [0.4, 0.5) is 4.79 Å². The maximum absolute atomic E-state index is 10.00. The molecule has 5 heteroatoms. The fourth-order valence-corrected chi connectivity index (χ4v) is 0.848. The van der Waals surface area contributed by atoms with Crippen LogP contribution in [0.1, 0.15) is 20.3 Å². The fraction of sp³-hybridized carbons (Fsp3) is 0.889. The van der Waals surface area contributed by atoms with E-state index in [0.717, 1.165) is 0 Å². The van der Waals surface area contributed by atoms with Crippen molar-refractivity contribution in [3.8, 4) is 0 Å². The van der Waals surface area contributed by atoms with Gasteiger partial charge in [-0.2, -0.15) is 0 Å². The van der Waals surface area contributed by atoms with Crippen molar-refractivity contribution in [2.75, 3.05) is 26.4 Å². The first-order valence-corrected chi connectivity index (χ1v) is 4.71. The molecule has 0 aromatic rings. The molecule has 0 aliphatic rings. The number of carbonyl (C=O) groups is 1. The quantitative estimate of drug-likeness (QED) is 0.481. The average molecular weight is 206 g/mol. The minimum atomic E-state index is -1.24. The van der Waals surface area contributed by atoms with E-state index in [1.54, 1.807) is 0 Å². The molecule has 0 aromatic carbocycles. The second-order valence-electron chi connectivity index (χ2n) is 2.78. The first kappa shape index (κ1) is 13.2. The zero-order valence-corrected chi connectivity index (χ0v) is 8.69. The van der Waals surface area contributed by atoms with Crippen LogP contribution in [0.5, 0.6) is 0 Å². The second kappa shape index (κ2) is 8.77. The lowest BCUT2D eigenvalue weighted by Crippen LogP contribution is -2.16. The molecule has 0 rings (SSSR count). The summed E-state index contributed by atoms with van der Waals surface area (Å²) in [5.74, 6) is 0. The Kier molecular flexibility index (Phi) is 8.27. The standard InChI is InChI=1S/C9H18O5/c1-3-12-6-7-13-8(2)4-5-14-9(10)11/h8H,3-7H2,1-2H3,(H,10,11). The molecule has 1 atom stereocenters. The van der Waals surface area contributed by atoms with Crippen molar-refractivity contribution >= 4 is 6.16 Å². The van der Waals surface area contributed by atoms with Gasteiger partial charge in [-0.05, 0) is 13.8 Å².